The Kier molecular flexibility index (Phi) is 4.73. The van der Waals surface area contributed by atoms with Crippen LogP contribution in [0.15, 0.2) is 30.5 Å². The average molecular weight is 311 g/mol. The second-order valence-corrected chi connectivity index (χ2v) is 7.03. The smallest absolute Gasteiger partial charge is 0.230 e. The highest BCUT2D eigenvalue weighted by Gasteiger charge is 2.21. The summed E-state index contributed by atoms with van der Waals surface area (Å²) in [6.07, 6.45) is 1.73. The van der Waals surface area contributed by atoms with Gasteiger partial charge in [0.2, 0.25) is 5.91 Å². The molecule has 0 aliphatic rings. The van der Waals surface area contributed by atoms with Crippen LogP contribution in [0.3, 0.4) is 0 Å². The lowest BCUT2D eigenvalue weighted by Crippen LogP contribution is -2.27. The van der Waals surface area contributed by atoms with Gasteiger partial charge in [0.25, 0.3) is 0 Å². The molecule has 4 nitrogen and oxygen atoms in total. The third kappa shape index (κ3) is 4.31. The minimum absolute atomic E-state index is 0.0454. The van der Waals surface area contributed by atoms with Gasteiger partial charge in [0.1, 0.15) is 5.82 Å². The maximum atomic E-state index is 12.0. The molecule has 0 atom stereocenters. The highest BCUT2D eigenvalue weighted by Crippen LogP contribution is 2.26. The Hall–Kier alpha value is -2.36. The number of hydrogen-bond donors (Lipinski definition) is 2. The van der Waals surface area contributed by atoms with E-state index in [1.165, 1.54) is 16.7 Å². The number of carbonyl (C=O) groups is 1. The summed E-state index contributed by atoms with van der Waals surface area (Å²) >= 11 is 0. The number of pyridine rings is 1. The van der Waals surface area contributed by atoms with Gasteiger partial charge in [-0.15, -0.1) is 0 Å². The van der Waals surface area contributed by atoms with Crippen LogP contribution in [0.1, 0.15) is 37.5 Å². The van der Waals surface area contributed by atoms with Crippen molar-refractivity contribution in [2.75, 3.05) is 10.6 Å². The normalized spacial score (nSPS) is 11.2. The van der Waals surface area contributed by atoms with E-state index < -0.39 is 5.41 Å². The van der Waals surface area contributed by atoms with Crippen molar-refractivity contribution in [1.82, 2.24) is 4.98 Å². The van der Waals surface area contributed by atoms with E-state index >= 15 is 0 Å². The number of amides is 1. The van der Waals surface area contributed by atoms with E-state index in [1.807, 2.05) is 32.9 Å². The first-order chi connectivity index (χ1) is 10.7. The summed E-state index contributed by atoms with van der Waals surface area (Å²) < 4.78 is 0. The molecule has 2 rings (SSSR count). The first-order valence-corrected chi connectivity index (χ1v) is 7.79. The Balaban J connectivity index is 2.14. The van der Waals surface area contributed by atoms with Gasteiger partial charge in [0, 0.05) is 11.1 Å². The van der Waals surface area contributed by atoms with Crippen LogP contribution in [0.2, 0.25) is 0 Å². The van der Waals surface area contributed by atoms with Gasteiger partial charge in [-0.1, -0.05) is 38.5 Å². The molecule has 0 aliphatic heterocycles. The van der Waals surface area contributed by atoms with Crippen molar-refractivity contribution in [3.05, 3.63) is 47.2 Å². The quantitative estimate of drug-likeness (QED) is 0.861. The second-order valence-electron chi connectivity index (χ2n) is 7.03. The lowest BCUT2D eigenvalue weighted by Gasteiger charge is -2.17. The molecule has 0 aliphatic carbocycles. The lowest BCUT2D eigenvalue weighted by molar-refractivity contribution is -0.123. The number of carbonyl (C=O) groups excluding carboxylic acids is 1. The first kappa shape index (κ1) is 17.0. The molecule has 0 radical (unpaired) electrons. The van der Waals surface area contributed by atoms with Crippen LogP contribution in [0.5, 0.6) is 0 Å². The molecule has 1 heterocycles. The van der Waals surface area contributed by atoms with Crippen LogP contribution >= 0.6 is 0 Å². The van der Waals surface area contributed by atoms with Gasteiger partial charge < -0.3 is 10.6 Å². The average Bonchev–Trinajstić information content (AvgIpc) is 2.43. The molecule has 0 fully saturated rings. The number of aryl methyl sites for hydroxylation is 3. The van der Waals surface area contributed by atoms with Crippen LogP contribution in [0.25, 0.3) is 0 Å². The zero-order valence-electron chi connectivity index (χ0n) is 14.7. The first-order valence-electron chi connectivity index (χ1n) is 7.79. The molecule has 2 N–H and O–H groups in total. The molecule has 4 heteroatoms. The van der Waals surface area contributed by atoms with Gasteiger partial charge in [-0.2, -0.15) is 0 Å². The number of anilines is 3. The van der Waals surface area contributed by atoms with Gasteiger partial charge in [-0.3, -0.25) is 4.79 Å². The third-order valence-electron chi connectivity index (χ3n) is 3.63. The SMILES string of the molecule is Cc1cc(C)c(Nc2ccc(NC(=O)C(C)(C)C)nc2)c(C)c1. The topological polar surface area (TPSA) is 54.0 Å². The number of nitrogens with zero attached hydrogens (tertiary/aromatic N) is 1. The summed E-state index contributed by atoms with van der Waals surface area (Å²) in [5, 5.41) is 6.23. The minimum Gasteiger partial charge on any atom is -0.354 e. The van der Waals surface area contributed by atoms with Crippen LogP contribution in [0.4, 0.5) is 17.2 Å². The van der Waals surface area contributed by atoms with Crippen molar-refractivity contribution in [3.63, 3.8) is 0 Å². The monoisotopic (exact) mass is 311 g/mol. The molecule has 0 spiro atoms. The Bertz CT molecular complexity index is 689. The van der Waals surface area contributed by atoms with Gasteiger partial charge in [-0.25, -0.2) is 4.98 Å². The van der Waals surface area contributed by atoms with E-state index in [9.17, 15) is 4.79 Å². The largest absolute Gasteiger partial charge is 0.354 e. The van der Waals surface area contributed by atoms with E-state index in [0.717, 1.165) is 11.4 Å². The van der Waals surface area contributed by atoms with E-state index in [0.29, 0.717) is 5.82 Å². The van der Waals surface area contributed by atoms with Crippen LogP contribution in [0, 0.1) is 26.2 Å². The molecule has 1 aromatic heterocycles. The maximum absolute atomic E-state index is 12.0. The molecule has 0 saturated carbocycles. The van der Waals surface area contributed by atoms with Crippen molar-refractivity contribution in [2.45, 2.75) is 41.5 Å². The standard InChI is InChI=1S/C19H25N3O/c1-12-9-13(2)17(14(3)10-12)21-15-7-8-16(20-11-15)22-18(23)19(4,5)6/h7-11,21H,1-6H3,(H,20,22,23). The zero-order valence-corrected chi connectivity index (χ0v) is 14.7. The van der Waals surface area contributed by atoms with E-state index in [2.05, 4.69) is 48.5 Å². The van der Waals surface area contributed by atoms with Gasteiger partial charge in [-0.05, 0) is 44.0 Å². The lowest BCUT2D eigenvalue weighted by atomic mass is 9.96. The Morgan fingerprint density at radius 1 is 1.04 bits per heavy atom. The minimum atomic E-state index is -0.436. The molecule has 23 heavy (non-hydrogen) atoms. The predicted molar refractivity (Wildman–Crippen MR) is 96.3 cm³/mol. The molecule has 0 unspecified atom stereocenters. The summed E-state index contributed by atoms with van der Waals surface area (Å²) in [6, 6.07) is 8.04. The Morgan fingerprint density at radius 2 is 1.65 bits per heavy atom. The van der Waals surface area contributed by atoms with Crippen LogP contribution < -0.4 is 10.6 Å². The summed E-state index contributed by atoms with van der Waals surface area (Å²) in [7, 11) is 0. The van der Waals surface area contributed by atoms with Crippen molar-refractivity contribution in [1.29, 1.82) is 0 Å². The highest BCUT2D eigenvalue weighted by molar-refractivity contribution is 5.93. The zero-order chi connectivity index (χ0) is 17.2. The fourth-order valence-corrected chi connectivity index (χ4v) is 2.37. The molecule has 1 aromatic carbocycles. The molecule has 2 aromatic rings. The molecule has 0 bridgehead atoms. The molecule has 1 amide bonds. The Morgan fingerprint density at radius 3 is 2.13 bits per heavy atom. The van der Waals surface area contributed by atoms with E-state index in [4.69, 9.17) is 0 Å². The van der Waals surface area contributed by atoms with Crippen LogP contribution in [-0.4, -0.2) is 10.9 Å². The summed E-state index contributed by atoms with van der Waals surface area (Å²) in [5.74, 6) is 0.517. The molecular weight excluding hydrogens is 286 g/mol. The Labute approximate surface area is 138 Å². The van der Waals surface area contributed by atoms with Crippen LogP contribution in [-0.2, 0) is 4.79 Å². The van der Waals surface area contributed by atoms with Gasteiger partial charge in [0.15, 0.2) is 0 Å². The number of benzene rings is 1. The van der Waals surface area contributed by atoms with Crippen molar-refractivity contribution < 1.29 is 4.79 Å². The third-order valence-corrected chi connectivity index (χ3v) is 3.63. The van der Waals surface area contributed by atoms with E-state index in [1.54, 1.807) is 6.20 Å². The second kappa shape index (κ2) is 6.41. The number of hydrogen-bond acceptors (Lipinski definition) is 3. The molecule has 122 valence electrons. The molecule has 0 saturated heterocycles. The summed E-state index contributed by atoms with van der Waals surface area (Å²) in [5.41, 5.74) is 5.22. The van der Waals surface area contributed by atoms with Gasteiger partial charge >= 0.3 is 0 Å². The van der Waals surface area contributed by atoms with Crippen molar-refractivity contribution in [3.8, 4) is 0 Å². The van der Waals surface area contributed by atoms with Gasteiger partial charge in [0.05, 0.1) is 11.9 Å². The summed E-state index contributed by atoms with van der Waals surface area (Å²) in [6.45, 7) is 11.9. The number of aromatic nitrogens is 1. The summed E-state index contributed by atoms with van der Waals surface area (Å²) in [4.78, 5) is 16.3. The fourth-order valence-electron chi connectivity index (χ4n) is 2.37. The van der Waals surface area contributed by atoms with E-state index in [-0.39, 0.29) is 5.91 Å². The number of nitrogens with one attached hydrogen (secondary N) is 2. The van der Waals surface area contributed by atoms with Crippen molar-refractivity contribution in [2.24, 2.45) is 5.41 Å². The highest BCUT2D eigenvalue weighted by atomic mass is 16.2. The van der Waals surface area contributed by atoms with Crippen molar-refractivity contribution >= 4 is 23.1 Å². The fraction of sp³-hybridized carbons (Fsp3) is 0.368. The molecular formula is C19H25N3O. The maximum Gasteiger partial charge on any atom is 0.230 e. The number of rotatable bonds is 3. The predicted octanol–water partition coefficient (Wildman–Crippen LogP) is 4.74.